The Labute approximate surface area is 129 Å². The Morgan fingerprint density at radius 2 is 2.09 bits per heavy atom. The first-order valence-corrected chi connectivity index (χ1v) is 7.19. The maximum atomic E-state index is 13.0. The molecule has 0 aromatic carbocycles. The van der Waals surface area contributed by atoms with Crippen LogP contribution in [0.1, 0.15) is 29.9 Å². The van der Waals surface area contributed by atoms with Gasteiger partial charge in [-0.25, -0.2) is 0 Å². The summed E-state index contributed by atoms with van der Waals surface area (Å²) in [6.07, 6.45) is -2.81. The fraction of sp³-hybridized carbons (Fsp3) is 0.500. The quantitative estimate of drug-likeness (QED) is 0.834. The van der Waals surface area contributed by atoms with Crippen LogP contribution >= 0.6 is 0 Å². The first kappa shape index (κ1) is 15.6. The zero-order chi connectivity index (χ0) is 16.6. The molecule has 0 atom stereocenters. The standard InChI is InChI=1S/C14H15F3N4O2/c15-14(16,17)13-8-2-1-4-19-11(12(8)20-23-13)9-6-21(7-22)5-3-10(9)18/h7H,1-6,18H2. The lowest BCUT2D eigenvalue weighted by molar-refractivity contribution is -0.156. The summed E-state index contributed by atoms with van der Waals surface area (Å²) in [5, 5.41) is 3.60. The van der Waals surface area contributed by atoms with Crippen molar-refractivity contribution in [3.8, 4) is 0 Å². The molecule has 0 radical (unpaired) electrons. The van der Waals surface area contributed by atoms with Gasteiger partial charge < -0.3 is 15.2 Å². The van der Waals surface area contributed by atoms with Gasteiger partial charge in [-0.1, -0.05) is 5.16 Å². The molecule has 0 saturated carbocycles. The van der Waals surface area contributed by atoms with E-state index >= 15 is 0 Å². The minimum atomic E-state index is -4.60. The average Bonchev–Trinajstić information content (AvgIpc) is 2.82. The number of alkyl halides is 3. The van der Waals surface area contributed by atoms with Crippen LogP contribution in [0.5, 0.6) is 0 Å². The van der Waals surface area contributed by atoms with Crippen molar-refractivity contribution in [3.63, 3.8) is 0 Å². The lowest BCUT2D eigenvalue weighted by atomic mass is 9.96. The molecule has 0 aliphatic carbocycles. The van der Waals surface area contributed by atoms with Gasteiger partial charge >= 0.3 is 6.18 Å². The van der Waals surface area contributed by atoms with Crippen LogP contribution in [0.4, 0.5) is 13.2 Å². The molecule has 0 fully saturated rings. The number of aromatic nitrogens is 1. The van der Waals surface area contributed by atoms with Gasteiger partial charge in [0.2, 0.25) is 12.2 Å². The second kappa shape index (κ2) is 5.71. The van der Waals surface area contributed by atoms with Gasteiger partial charge in [0.1, 0.15) is 5.69 Å². The van der Waals surface area contributed by atoms with Gasteiger partial charge in [-0.05, 0) is 12.8 Å². The number of halogens is 3. The SMILES string of the molecule is NC1=C(C2=NCCCc3c2noc3C(F)(F)F)CN(C=O)CC1. The fourth-order valence-corrected chi connectivity index (χ4v) is 2.83. The van der Waals surface area contributed by atoms with Crippen molar-refractivity contribution >= 4 is 12.1 Å². The van der Waals surface area contributed by atoms with E-state index in [1.165, 1.54) is 4.90 Å². The molecule has 0 bridgehead atoms. The highest BCUT2D eigenvalue weighted by Crippen LogP contribution is 2.36. The van der Waals surface area contributed by atoms with Crippen LogP contribution in [0.15, 0.2) is 20.8 Å². The number of carbonyl (C=O) groups is 1. The highest BCUT2D eigenvalue weighted by Gasteiger charge is 2.41. The molecule has 2 aliphatic heterocycles. The summed E-state index contributed by atoms with van der Waals surface area (Å²) in [6.45, 7) is 1.06. The Morgan fingerprint density at radius 1 is 1.30 bits per heavy atom. The smallest absolute Gasteiger partial charge is 0.402 e. The van der Waals surface area contributed by atoms with Crippen molar-refractivity contribution < 1.29 is 22.5 Å². The molecule has 0 saturated heterocycles. The zero-order valence-corrected chi connectivity index (χ0v) is 12.2. The molecule has 124 valence electrons. The van der Waals surface area contributed by atoms with Crippen molar-refractivity contribution in [1.29, 1.82) is 0 Å². The van der Waals surface area contributed by atoms with Crippen molar-refractivity contribution in [2.45, 2.75) is 25.4 Å². The highest BCUT2D eigenvalue weighted by atomic mass is 19.4. The molecule has 1 aromatic heterocycles. The number of hydrogen-bond acceptors (Lipinski definition) is 5. The van der Waals surface area contributed by atoms with E-state index in [0.29, 0.717) is 49.3 Å². The highest BCUT2D eigenvalue weighted by molar-refractivity contribution is 6.13. The Kier molecular flexibility index (Phi) is 3.87. The van der Waals surface area contributed by atoms with Crippen LogP contribution in [0, 0.1) is 0 Å². The van der Waals surface area contributed by atoms with Gasteiger partial charge in [-0.15, -0.1) is 0 Å². The molecule has 0 spiro atoms. The molecule has 3 rings (SSSR count). The maximum absolute atomic E-state index is 13.0. The van der Waals surface area contributed by atoms with Crippen LogP contribution in [0.2, 0.25) is 0 Å². The van der Waals surface area contributed by atoms with E-state index in [0.717, 1.165) is 0 Å². The molecule has 2 aliphatic rings. The predicted molar refractivity (Wildman–Crippen MR) is 74.7 cm³/mol. The minimum absolute atomic E-state index is 0.0114. The van der Waals surface area contributed by atoms with Crippen molar-refractivity contribution in [1.82, 2.24) is 10.1 Å². The van der Waals surface area contributed by atoms with Gasteiger partial charge in [0.15, 0.2) is 0 Å². The lowest BCUT2D eigenvalue weighted by Crippen LogP contribution is -2.35. The number of hydrogen-bond donors (Lipinski definition) is 1. The van der Waals surface area contributed by atoms with Gasteiger partial charge in [-0.2, -0.15) is 13.2 Å². The number of nitrogens with zero attached hydrogens (tertiary/aromatic N) is 3. The molecular formula is C14H15F3N4O2. The van der Waals surface area contributed by atoms with Gasteiger partial charge in [-0.3, -0.25) is 9.79 Å². The number of amides is 1. The summed E-state index contributed by atoms with van der Waals surface area (Å²) in [6, 6.07) is 0. The lowest BCUT2D eigenvalue weighted by Gasteiger charge is -2.26. The topological polar surface area (TPSA) is 84.7 Å². The van der Waals surface area contributed by atoms with Crippen LogP contribution in [-0.4, -0.2) is 41.8 Å². The van der Waals surface area contributed by atoms with Crippen molar-refractivity contribution in [3.05, 3.63) is 28.3 Å². The first-order chi connectivity index (χ1) is 10.9. The second-order valence-corrected chi connectivity index (χ2v) is 5.50. The molecule has 23 heavy (non-hydrogen) atoms. The van der Waals surface area contributed by atoms with E-state index in [9.17, 15) is 18.0 Å². The number of aliphatic imine (C=N–C) groups is 1. The number of nitrogens with two attached hydrogens (primary N) is 1. The van der Waals surface area contributed by atoms with E-state index in [1.807, 2.05) is 0 Å². The molecule has 9 heteroatoms. The van der Waals surface area contributed by atoms with Gasteiger partial charge in [0, 0.05) is 42.9 Å². The summed E-state index contributed by atoms with van der Waals surface area (Å²) in [5.41, 5.74) is 7.47. The molecule has 2 N–H and O–H groups in total. The Morgan fingerprint density at radius 3 is 2.78 bits per heavy atom. The molecule has 6 nitrogen and oxygen atoms in total. The summed E-state index contributed by atoms with van der Waals surface area (Å²) in [7, 11) is 0. The third kappa shape index (κ3) is 2.82. The van der Waals surface area contributed by atoms with Crippen molar-refractivity contribution in [2.75, 3.05) is 19.6 Å². The monoisotopic (exact) mass is 328 g/mol. The molecular weight excluding hydrogens is 313 g/mol. The summed E-state index contributed by atoms with van der Waals surface area (Å²) >= 11 is 0. The van der Waals surface area contributed by atoms with Gasteiger partial charge in [0.05, 0.1) is 5.71 Å². The fourth-order valence-electron chi connectivity index (χ4n) is 2.83. The molecule has 1 amide bonds. The predicted octanol–water partition coefficient (Wildman–Crippen LogP) is 1.50. The molecule has 3 heterocycles. The minimum Gasteiger partial charge on any atom is -0.402 e. The number of fused-ring (bicyclic) bond motifs is 1. The molecule has 1 aromatic rings. The summed E-state index contributed by atoms with van der Waals surface area (Å²) in [5.74, 6) is -1.08. The Bertz CT molecular complexity index is 691. The van der Waals surface area contributed by atoms with E-state index in [2.05, 4.69) is 14.7 Å². The summed E-state index contributed by atoms with van der Waals surface area (Å²) < 4.78 is 43.7. The third-order valence-electron chi connectivity index (χ3n) is 3.98. The first-order valence-electron chi connectivity index (χ1n) is 7.19. The van der Waals surface area contributed by atoms with Crippen molar-refractivity contribution in [2.24, 2.45) is 10.7 Å². The Hall–Kier alpha value is -2.32. The van der Waals surface area contributed by atoms with Crippen LogP contribution < -0.4 is 5.73 Å². The Balaban J connectivity index is 2.07. The third-order valence-corrected chi connectivity index (χ3v) is 3.98. The van der Waals surface area contributed by atoms with Crippen LogP contribution in [0.25, 0.3) is 0 Å². The van der Waals surface area contributed by atoms with E-state index in [4.69, 9.17) is 5.73 Å². The molecule has 0 unspecified atom stereocenters. The summed E-state index contributed by atoms with van der Waals surface area (Å²) in [4.78, 5) is 16.8. The maximum Gasteiger partial charge on any atom is 0.452 e. The number of carbonyl (C=O) groups excluding carboxylic acids is 1. The van der Waals surface area contributed by atoms with E-state index in [1.54, 1.807) is 0 Å². The van der Waals surface area contributed by atoms with Gasteiger partial charge in [0.25, 0.3) is 0 Å². The van der Waals surface area contributed by atoms with E-state index < -0.39 is 11.9 Å². The van der Waals surface area contributed by atoms with Crippen LogP contribution in [-0.2, 0) is 17.4 Å². The van der Waals surface area contributed by atoms with E-state index in [-0.39, 0.29) is 24.2 Å². The zero-order valence-electron chi connectivity index (χ0n) is 12.2. The average molecular weight is 328 g/mol. The number of rotatable bonds is 2. The largest absolute Gasteiger partial charge is 0.452 e. The normalized spacial score (nSPS) is 19.3. The van der Waals surface area contributed by atoms with Crippen LogP contribution in [0.3, 0.4) is 0 Å². The second-order valence-electron chi connectivity index (χ2n) is 5.50.